The van der Waals surface area contributed by atoms with E-state index in [4.69, 9.17) is 0 Å². The Balaban J connectivity index is 1.74. The minimum absolute atomic E-state index is 0.130. The van der Waals surface area contributed by atoms with Crippen molar-refractivity contribution >= 4 is 17.7 Å². The summed E-state index contributed by atoms with van der Waals surface area (Å²) in [6, 6.07) is -0.551. The lowest BCUT2D eigenvalue weighted by molar-refractivity contribution is -0.148. The average Bonchev–Trinajstić information content (AvgIpc) is 2.86. The molecule has 3 unspecified atom stereocenters. The van der Waals surface area contributed by atoms with E-state index >= 15 is 0 Å². The summed E-state index contributed by atoms with van der Waals surface area (Å²) < 4.78 is 0. The standard InChI is InChI=1S/C20H31N3O3/c1-13(2)12-17(18(24)21-14-8-10-22(3)11-9-14)23-19(25)15-6-4-5-7-16(15)20(23)26/h4-5,13-17H,6-12H2,1-3H3,(H,21,24). The van der Waals surface area contributed by atoms with Crippen LogP contribution in [-0.2, 0) is 14.4 Å². The van der Waals surface area contributed by atoms with Gasteiger partial charge in [0.05, 0.1) is 11.8 Å². The van der Waals surface area contributed by atoms with E-state index in [1.807, 2.05) is 26.0 Å². The molecule has 2 heterocycles. The van der Waals surface area contributed by atoms with E-state index in [-0.39, 0.29) is 41.5 Å². The third kappa shape index (κ3) is 3.85. The van der Waals surface area contributed by atoms with Crippen molar-refractivity contribution in [3.8, 4) is 0 Å². The second-order valence-electron chi connectivity index (χ2n) is 8.43. The van der Waals surface area contributed by atoms with Crippen molar-refractivity contribution in [2.24, 2.45) is 17.8 Å². The number of carbonyl (C=O) groups is 3. The summed E-state index contributed by atoms with van der Waals surface area (Å²) in [5, 5.41) is 3.12. The monoisotopic (exact) mass is 361 g/mol. The van der Waals surface area contributed by atoms with Gasteiger partial charge in [-0.2, -0.15) is 0 Å². The van der Waals surface area contributed by atoms with E-state index in [0.717, 1.165) is 25.9 Å². The first-order valence-corrected chi connectivity index (χ1v) is 9.89. The molecule has 3 rings (SSSR count). The molecule has 2 fully saturated rings. The fourth-order valence-corrected chi connectivity index (χ4v) is 4.36. The van der Waals surface area contributed by atoms with Gasteiger partial charge in [-0.1, -0.05) is 26.0 Å². The summed E-state index contributed by atoms with van der Waals surface area (Å²) in [7, 11) is 2.08. The molecule has 3 aliphatic rings. The maximum absolute atomic E-state index is 13.0. The fraction of sp³-hybridized carbons (Fsp3) is 0.750. The van der Waals surface area contributed by atoms with Crippen LogP contribution in [0.2, 0.25) is 0 Å². The van der Waals surface area contributed by atoms with E-state index in [2.05, 4.69) is 17.3 Å². The molecule has 1 N–H and O–H groups in total. The summed E-state index contributed by atoms with van der Waals surface area (Å²) in [5.41, 5.74) is 0. The molecule has 3 atom stereocenters. The van der Waals surface area contributed by atoms with Gasteiger partial charge in [0.1, 0.15) is 6.04 Å². The van der Waals surface area contributed by atoms with Crippen LogP contribution < -0.4 is 5.32 Å². The Morgan fingerprint density at radius 3 is 2.15 bits per heavy atom. The molecule has 0 aromatic rings. The van der Waals surface area contributed by atoms with Gasteiger partial charge in [0.2, 0.25) is 17.7 Å². The quantitative estimate of drug-likeness (QED) is 0.596. The molecule has 144 valence electrons. The number of hydrogen-bond donors (Lipinski definition) is 1. The molecule has 3 amide bonds. The van der Waals surface area contributed by atoms with E-state index in [9.17, 15) is 14.4 Å². The minimum Gasteiger partial charge on any atom is -0.351 e. The zero-order chi connectivity index (χ0) is 18.8. The lowest BCUT2D eigenvalue weighted by Crippen LogP contribution is -2.54. The molecule has 6 nitrogen and oxygen atoms in total. The summed E-state index contributed by atoms with van der Waals surface area (Å²) in [6.07, 6.45) is 7.51. The van der Waals surface area contributed by atoms with Crippen molar-refractivity contribution in [1.82, 2.24) is 15.1 Å². The molecule has 0 saturated carbocycles. The highest BCUT2D eigenvalue weighted by Crippen LogP contribution is 2.37. The Bertz CT molecular complexity index is 567. The Morgan fingerprint density at radius 1 is 1.12 bits per heavy atom. The molecule has 0 aromatic heterocycles. The van der Waals surface area contributed by atoms with Crippen LogP contribution in [0.25, 0.3) is 0 Å². The van der Waals surface area contributed by atoms with Gasteiger partial charge < -0.3 is 10.2 Å². The number of nitrogens with one attached hydrogen (secondary N) is 1. The second-order valence-corrected chi connectivity index (χ2v) is 8.43. The Hall–Kier alpha value is -1.69. The molecular formula is C20H31N3O3. The lowest BCUT2D eigenvalue weighted by atomic mass is 9.85. The van der Waals surface area contributed by atoms with Gasteiger partial charge in [-0.25, -0.2) is 0 Å². The highest BCUT2D eigenvalue weighted by Gasteiger charge is 2.51. The molecule has 0 spiro atoms. The largest absolute Gasteiger partial charge is 0.351 e. The predicted octanol–water partition coefficient (Wildman–Crippen LogP) is 1.56. The number of imide groups is 1. The van der Waals surface area contributed by atoms with Crippen LogP contribution in [0.15, 0.2) is 12.2 Å². The fourth-order valence-electron chi connectivity index (χ4n) is 4.36. The molecule has 6 heteroatoms. The highest BCUT2D eigenvalue weighted by atomic mass is 16.2. The van der Waals surface area contributed by atoms with Gasteiger partial charge in [0.15, 0.2) is 0 Å². The van der Waals surface area contributed by atoms with Gasteiger partial charge in [0.25, 0.3) is 0 Å². The number of amides is 3. The number of nitrogens with zero attached hydrogens (tertiary/aromatic N) is 2. The van der Waals surface area contributed by atoms with Crippen molar-refractivity contribution in [3.05, 3.63) is 12.2 Å². The molecule has 1 aliphatic carbocycles. The zero-order valence-electron chi connectivity index (χ0n) is 16.1. The van der Waals surface area contributed by atoms with Gasteiger partial charge >= 0.3 is 0 Å². The van der Waals surface area contributed by atoms with E-state index in [1.165, 1.54) is 4.90 Å². The summed E-state index contributed by atoms with van der Waals surface area (Å²) in [6.45, 7) is 5.96. The van der Waals surface area contributed by atoms with Crippen molar-refractivity contribution in [1.29, 1.82) is 0 Å². The molecule has 0 radical (unpaired) electrons. The maximum Gasteiger partial charge on any atom is 0.243 e. The Labute approximate surface area is 156 Å². The minimum atomic E-state index is -0.680. The molecule has 0 aromatic carbocycles. The van der Waals surface area contributed by atoms with E-state index < -0.39 is 6.04 Å². The Kier molecular flexibility index (Phi) is 5.80. The molecule has 26 heavy (non-hydrogen) atoms. The van der Waals surface area contributed by atoms with Gasteiger partial charge in [-0.05, 0) is 58.2 Å². The number of carbonyl (C=O) groups excluding carboxylic acids is 3. The highest BCUT2D eigenvalue weighted by molar-refractivity contribution is 6.08. The van der Waals surface area contributed by atoms with Gasteiger partial charge in [-0.15, -0.1) is 0 Å². The first-order chi connectivity index (χ1) is 12.4. The van der Waals surface area contributed by atoms with Gasteiger partial charge in [0, 0.05) is 6.04 Å². The van der Waals surface area contributed by atoms with Crippen LogP contribution in [0.1, 0.15) is 46.0 Å². The summed E-state index contributed by atoms with van der Waals surface area (Å²) in [4.78, 5) is 42.4. The second kappa shape index (κ2) is 7.91. The predicted molar refractivity (Wildman–Crippen MR) is 99.1 cm³/mol. The van der Waals surface area contributed by atoms with E-state index in [1.54, 1.807) is 0 Å². The molecule has 0 bridgehead atoms. The number of fused-ring (bicyclic) bond motifs is 1. The SMILES string of the molecule is CC(C)CC(C(=O)NC1CCN(C)CC1)N1C(=O)C2CC=CCC2C1=O. The third-order valence-electron chi connectivity index (χ3n) is 5.92. The smallest absolute Gasteiger partial charge is 0.243 e. The number of rotatable bonds is 5. The summed E-state index contributed by atoms with van der Waals surface area (Å²) in [5.74, 6) is -0.815. The number of likely N-dealkylation sites (tertiary alicyclic amines) is 2. The maximum atomic E-state index is 13.0. The third-order valence-corrected chi connectivity index (χ3v) is 5.92. The summed E-state index contributed by atoms with van der Waals surface area (Å²) >= 11 is 0. The first kappa shape index (κ1) is 19.1. The van der Waals surface area contributed by atoms with Crippen LogP contribution in [0.3, 0.4) is 0 Å². The molecule has 2 aliphatic heterocycles. The van der Waals surface area contributed by atoms with Crippen LogP contribution in [0.5, 0.6) is 0 Å². The number of hydrogen-bond acceptors (Lipinski definition) is 4. The van der Waals surface area contributed by atoms with Gasteiger partial charge in [-0.3, -0.25) is 19.3 Å². The van der Waals surface area contributed by atoms with Crippen molar-refractivity contribution in [2.75, 3.05) is 20.1 Å². The normalized spacial score (nSPS) is 28.5. The topological polar surface area (TPSA) is 69.7 Å². The van der Waals surface area contributed by atoms with Crippen molar-refractivity contribution in [3.63, 3.8) is 0 Å². The lowest BCUT2D eigenvalue weighted by Gasteiger charge is -2.33. The molecule has 2 saturated heterocycles. The van der Waals surface area contributed by atoms with Crippen LogP contribution in [0, 0.1) is 17.8 Å². The number of piperidine rings is 1. The van der Waals surface area contributed by atoms with Crippen molar-refractivity contribution < 1.29 is 14.4 Å². The Morgan fingerprint density at radius 2 is 1.65 bits per heavy atom. The first-order valence-electron chi connectivity index (χ1n) is 9.89. The van der Waals surface area contributed by atoms with Crippen LogP contribution in [-0.4, -0.2) is 59.7 Å². The van der Waals surface area contributed by atoms with Crippen LogP contribution in [0.4, 0.5) is 0 Å². The zero-order valence-corrected chi connectivity index (χ0v) is 16.1. The average molecular weight is 361 g/mol. The van der Waals surface area contributed by atoms with E-state index in [0.29, 0.717) is 19.3 Å². The van der Waals surface area contributed by atoms with Crippen molar-refractivity contribution in [2.45, 2.75) is 58.0 Å². The number of allylic oxidation sites excluding steroid dienone is 2. The van der Waals surface area contributed by atoms with Crippen LogP contribution >= 0.6 is 0 Å². The molecular weight excluding hydrogens is 330 g/mol.